The Balaban J connectivity index is 1.67. The zero-order valence-electron chi connectivity index (χ0n) is 6.92. The lowest BCUT2D eigenvalue weighted by Gasteiger charge is -2.30. The minimum atomic E-state index is 0.429. The van der Waals surface area contributed by atoms with E-state index in [2.05, 4.69) is 4.89 Å². The van der Waals surface area contributed by atoms with E-state index in [0.717, 1.165) is 12.5 Å². The first-order valence-corrected chi connectivity index (χ1v) is 4.73. The molecular weight excluding hydrogens is 140 g/mol. The fraction of sp³-hybridized carbons (Fsp3) is 1.00. The second kappa shape index (κ2) is 3.55. The lowest BCUT2D eigenvalue weighted by Crippen LogP contribution is -2.33. The second-order valence-corrected chi connectivity index (χ2v) is 3.74. The lowest BCUT2D eigenvalue weighted by atomic mass is 9.85. The van der Waals surface area contributed by atoms with Crippen molar-refractivity contribution in [2.24, 2.45) is 5.92 Å². The molecule has 2 aliphatic rings. The van der Waals surface area contributed by atoms with Crippen molar-refractivity contribution in [2.75, 3.05) is 6.61 Å². The van der Waals surface area contributed by atoms with Gasteiger partial charge in [-0.3, -0.25) is 0 Å². The maximum Gasteiger partial charge on any atom is 0.120 e. The van der Waals surface area contributed by atoms with Crippen LogP contribution in [-0.2, 0) is 9.78 Å². The van der Waals surface area contributed by atoms with Gasteiger partial charge in [-0.2, -0.15) is 0 Å². The highest BCUT2D eigenvalue weighted by molar-refractivity contribution is 4.71. The van der Waals surface area contributed by atoms with E-state index in [1.807, 2.05) is 0 Å². The molecule has 0 spiro atoms. The van der Waals surface area contributed by atoms with Gasteiger partial charge in [-0.25, -0.2) is 9.78 Å². The summed E-state index contributed by atoms with van der Waals surface area (Å²) in [4.78, 5) is 9.61. The minimum Gasteiger partial charge on any atom is -0.233 e. The van der Waals surface area contributed by atoms with Crippen LogP contribution in [-0.4, -0.2) is 12.7 Å². The highest BCUT2D eigenvalue weighted by atomic mass is 17.2. The quantitative estimate of drug-likeness (QED) is 0.571. The van der Waals surface area contributed by atoms with Gasteiger partial charge in [-0.05, 0) is 12.3 Å². The fourth-order valence-electron chi connectivity index (χ4n) is 2.07. The van der Waals surface area contributed by atoms with Gasteiger partial charge >= 0.3 is 0 Å². The van der Waals surface area contributed by atoms with E-state index >= 15 is 0 Å². The zero-order valence-corrected chi connectivity index (χ0v) is 6.92. The summed E-state index contributed by atoms with van der Waals surface area (Å²) < 4.78 is 0. The van der Waals surface area contributed by atoms with Gasteiger partial charge in [0.2, 0.25) is 0 Å². The average molecular weight is 156 g/mol. The number of hydrogen-bond acceptors (Lipinski definition) is 2. The Morgan fingerprint density at radius 1 is 1.09 bits per heavy atom. The topological polar surface area (TPSA) is 18.5 Å². The maximum atomic E-state index is 4.93. The van der Waals surface area contributed by atoms with Crippen molar-refractivity contribution < 1.29 is 9.78 Å². The molecule has 0 N–H and O–H groups in total. The average Bonchev–Trinajstić information content (AvgIpc) is 1.99. The third kappa shape index (κ3) is 1.94. The fourth-order valence-corrected chi connectivity index (χ4v) is 2.07. The van der Waals surface area contributed by atoms with Crippen molar-refractivity contribution >= 4 is 0 Å². The summed E-state index contributed by atoms with van der Waals surface area (Å²) in [6.45, 7) is 0.830. The molecule has 1 saturated carbocycles. The van der Waals surface area contributed by atoms with Crippen molar-refractivity contribution in [1.82, 2.24) is 0 Å². The predicted molar refractivity (Wildman–Crippen MR) is 42.0 cm³/mol. The highest BCUT2D eigenvalue weighted by Gasteiger charge is 2.25. The van der Waals surface area contributed by atoms with Gasteiger partial charge in [0.1, 0.15) is 12.7 Å². The summed E-state index contributed by atoms with van der Waals surface area (Å²) in [5.41, 5.74) is 0. The van der Waals surface area contributed by atoms with Crippen LogP contribution in [0.2, 0.25) is 0 Å². The molecule has 0 bridgehead atoms. The Kier molecular flexibility index (Phi) is 2.44. The molecule has 2 heteroatoms. The molecule has 0 aromatic carbocycles. The summed E-state index contributed by atoms with van der Waals surface area (Å²) in [5, 5.41) is 0. The van der Waals surface area contributed by atoms with E-state index in [1.54, 1.807) is 0 Å². The van der Waals surface area contributed by atoms with E-state index in [9.17, 15) is 0 Å². The van der Waals surface area contributed by atoms with E-state index in [1.165, 1.54) is 38.5 Å². The SMILES string of the molecule is C1CCC(CC2COO2)CC1. The Bertz CT molecular complexity index is 115. The predicted octanol–water partition coefficient (Wildman–Crippen LogP) is 2.29. The molecular formula is C9H16O2. The number of hydrogen-bond donors (Lipinski definition) is 0. The van der Waals surface area contributed by atoms with Crippen LogP contribution in [0.5, 0.6) is 0 Å². The Morgan fingerprint density at radius 2 is 1.82 bits per heavy atom. The molecule has 2 nitrogen and oxygen atoms in total. The van der Waals surface area contributed by atoms with Crippen LogP contribution >= 0.6 is 0 Å². The molecule has 0 amide bonds. The van der Waals surface area contributed by atoms with Gasteiger partial charge < -0.3 is 0 Å². The van der Waals surface area contributed by atoms with Crippen LogP contribution in [0.1, 0.15) is 38.5 Å². The van der Waals surface area contributed by atoms with Gasteiger partial charge in [0.15, 0.2) is 0 Å². The van der Waals surface area contributed by atoms with Crippen LogP contribution in [0, 0.1) is 5.92 Å². The summed E-state index contributed by atoms with van der Waals surface area (Å²) in [6, 6.07) is 0. The van der Waals surface area contributed by atoms with E-state index in [4.69, 9.17) is 4.89 Å². The minimum absolute atomic E-state index is 0.429. The molecule has 1 heterocycles. The van der Waals surface area contributed by atoms with Gasteiger partial charge in [-0.15, -0.1) is 0 Å². The third-order valence-corrected chi connectivity index (χ3v) is 2.78. The molecule has 2 fully saturated rings. The lowest BCUT2D eigenvalue weighted by molar-refractivity contribution is -0.426. The first-order valence-electron chi connectivity index (χ1n) is 4.73. The first-order chi connectivity index (χ1) is 5.45. The summed E-state index contributed by atoms with van der Waals surface area (Å²) >= 11 is 0. The molecule has 1 atom stereocenters. The molecule has 11 heavy (non-hydrogen) atoms. The summed E-state index contributed by atoms with van der Waals surface area (Å²) in [6.07, 6.45) is 8.80. The largest absolute Gasteiger partial charge is 0.233 e. The van der Waals surface area contributed by atoms with Gasteiger partial charge in [-0.1, -0.05) is 32.1 Å². The van der Waals surface area contributed by atoms with Crippen LogP contribution in [0.3, 0.4) is 0 Å². The normalized spacial score (nSPS) is 33.3. The Labute approximate surface area is 67.8 Å². The van der Waals surface area contributed by atoms with Crippen molar-refractivity contribution in [2.45, 2.75) is 44.6 Å². The van der Waals surface area contributed by atoms with Crippen molar-refractivity contribution in [3.05, 3.63) is 0 Å². The molecule has 1 aliphatic heterocycles. The smallest absolute Gasteiger partial charge is 0.120 e. The van der Waals surface area contributed by atoms with Crippen LogP contribution in [0.4, 0.5) is 0 Å². The van der Waals surface area contributed by atoms with Crippen molar-refractivity contribution in [3.63, 3.8) is 0 Å². The highest BCUT2D eigenvalue weighted by Crippen LogP contribution is 2.29. The summed E-state index contributed by atoms with van der Waals surface area (Å²) in [5.74, 6) is 0.928. The monoisotopic (exact) mass is 156 g/mol. The third-order valence-electron chi connectivity index (χ3n) is 2.78. The molecule has 1 aliphatic carbocycles. The van der Waals surface area contributed by atoms with Gasteiger partial charge in [0.25, 0.3) is 0 Å². The second-order valence-electron chi connectivity index (χ2n) is 3.74. The van der Waals surface area contributed by atoms with E-state index in [-0.39, 0.29) is 0 Å². The van der Waals surface area contributed by atoms with Crippen LogP contribution < -0.4 is 0 Å². The molecule has 0 aromatic rings. The summed E-state index contributed by atoms with van der Waals surface area (Å²) in [7, 11) is 0. The standard InChI is InChI=1S/C9H16O2/c1-2-4-8(5-3-1)6-9-7-10-11-9/h8-9H,1-7H2. The molecule has 0 aromatic heterocycles. The maximum absolute atomic E-state index is 4.93. The molecule has 1 saturated heterocycles. The van der Waals surface area contributed by atoms with Crippen molar-refractivity contribution in [3.8, 4) is 0 Å². The van der Waals surface area contributed by atoms with Crippen molar-refractivity contribution in [1.29, 1.82) is 0 Å². The Morgan fingerprint density at radius 3 is 2.36 bits per heavy atom. The Hall–Kier alpha value is -0.0800. The van der Waals surface area contributed by atoms with Crippen LogP contribution in [0.25, 0.3) is 0 Å². The zero-order chi connectivity index (χ0) is 7.52. The van der Waals surface area contributed by atoms with E-state index in [0.29, 0.717) is 6.10 Å². The molecule has 2 rings (SSSR count). The first kappa shape index (κ1) is 7.56. The van der Waals surface area contributed by atoms with Gasteiger partial charge in [0, 0.05) is 0 Å². The van der Waals surface area contributed by atoms with Gasteiger partial charge in [0.05, 0.1) is 0 Å². The van der Waals surface area contributed by atoms with Crippen LogP contribution in [0.15, 0.2) is 0 Å². The molecule has 64 valence electrons. The molecule has 0 radical (unpaired) electrons. The molecule has 1 unspecified atom stereocenters. The number of rotatable bonds is 2. The van der Waals surface area contributed by atoms with E-state index < -0.39 is 0 Å².